The van der Waals surface area contributed by atoms with Crippen molar-refractivity contribution >= 4 is 15.9 Å². The Hall–Kier alpha value is -3.16. The fourth-order valence-corrected chi connectivity index (χ4v) is 4.85. The number of methoxy groups -OCH3 is 1. The molecule has 3 aromatic carbocycles. The van der Waals surface area contributed by atoms with Gasteiger partial charge in [-0.15, -0.1) is 0 Å². The zero-order valence-electron chi connectivity index (χ0n) is 18.6. The first-order chi connectivity index (χ1) is 15.3. The highest BCUT2D eigenvalue weighted by molar-refractivity contribution is 7.89. The topological polar surface area (TPSA) is 66.9 Å². The lowest BCUT2D eigenvalue weighted by Crippen LogP contribution is -2.41. The minimum absolute atomic E-state index is 0.0964. The monoisotopic (exact) mass is 452 g/mol. The molecule has 0 atom stereocenters. The van der Waals surface area contributed by atoms with Crippen molar-refractivity contribution in [3.63, 3.8) is 0 Å². The highest BCUT2D eigenvalue weighted by Crippen LogP contribution is 2.25. The minimum Gasteiger partial charge on any atom is -0.496 e. The molecule has 0 aromatic heterocycles. The van der Waals surface area contributed by atoms with Crippen LogP contribution < -0.4 is 4.74 Å². The predicted molar refractivity (Wildman–Crippen MR) is 125 cm³/mol. The zero-order chi connectivity index (χ0) is 23.1. The number of rotatable bonds is 9. The van der Waals surface area contributed by atoms with Gasteiger partial charge in [-0.05, 0) is 41.8 Å². The minimum atomic E-state index is -3.92. The third-order valence-electron chi connectivity index (χ3n) is 5.21. The second kappa shape index (κ2) is 10.4. The first-order valence-electron chi connectivity index (χ1n) is 10.3. The summed E-state index contributed by atoms with van der Waals surface area (Å²) in [7, 11) is -0.696. The van der Waals surface area contributed by atoms with E-state index in [4.69, 9.17) is 4.74 Å². The summed E-state index contributed by atoms with van der Waals surface area (Å²) in [5.74, 6) is 0.329. The zero-order valence-corrected chi connectivity index (χ0v) is 19.4. The van der Waals surface area contributed by atoms with Crippen LogP contribution >= 0.6 is 0 Å². The van der Waals surface area contributed by atoms with Crippen LogP contribution in [0.4, 0.5) is 0 Å². The van der Waals surface area contributed by atoms with Crippen LogP contribution in [0.1, 0.15) is 16.7 Å². The Kier molecular flexibility index (Phi) is 7.66. The molecule has 0 unspecified atom stereocenters. The molecule has 0 bridgehead atoms. The maximum absolute atomic E-state index is 13.5. The average Bonchev–Trinajstić information content (AvgIpc) is 2.79. The third-order valence-corrected chi connectivity index (χ3v) is 6.99. The lowest BCUT2D eigenvalue weighted by Gasteiger charge is -2.25. The van der Waals surface area contributed by atoms with E-state index < -0.39 is 10.0 Å². The van der Waals surface area contributed by atoms with Crippen LogP contribution in [0.25, 0.3) is 0 Å². The van der Waals surface area contributed by atoms with Gasteiger partial charge >= 0.3 is 0 Å². The molecule has 0 aliphatic rings. The maximum atomic E-state index is 13.5. The number of ether oxygens (including phenoxy) is 1. The van der Waals surface area contributed by atoms with Crippen LogP contribution in [0.2, 0.25) is 0 Å². The molecule has 7 heteroatoms. The Balaban J connectivity index is 1.87. The lowest BCUT2D eigenvalue weighted by molar-refractivity contribution is -0.130. The summed E-state index contributed by atoms with van der Waals surface area (Å²) in [6.45, 7) is 2.03. The fourth-order valence-electron chi connectivity index (χ4n) is 3.39. The molecule has 3 rings (SSSR count). The molecule has 1 amide bonds. The van der Waals surface area contributed by atoms with Crippen molar-refractivity contribution in [2.75, 3.05) is 20.7 Å². The van der Waals surface area contributed by atoms with Gasteiger partial charge in [0.2, 0.25) is 15.9 Å². The van der Waals surface area contributed by atoms with Crippen molar-refractivity contribution in [2.45, 2.75) is 24.9 Å². The van der Waals surface area contributed by atoms with Gasteiger partial charge in [0.25, 0.3) is 0 Å². The summed E-state index contributed by atoms with van der Waals surface area (Å²) in [5, 5.41) is 0. The molecule has 0 N–H and O–H groups in total. The number of aryl methyl sites for hydroxylation is 1. The standard InChI is InChI=1S/C25H28N2O4S/c1-20-16-23(14-15-24(20)31-3)32(29,30)27(18-22-12-8-5-9-13-22)19-25(28)26(2)17-21-10-6-4-7-11-21/h4-16H,17-19H2,1-3H3. The smallest absolute Gasteiger partial charge is 0.243 e. The van der Waals surface area contributed by atoms with Gasteiger partial charge in [0.05, 0.1) is 18.6 Å². The molecule has 168 valence electrons. The van der Waals surface area contributed by atoms with E-state index in [-0.39, 0.29) is 23.9 Å². The summed E-state index contributed by atoms with van der Waals surface area (Å²) in [6, 6.07) is 23.6. The van der Waals surface area contributed by atoms with E-state index in [1.54, 1.807) is 38.1 Å². The van der Waals surface area contributed by atoms with Crippen molar-refractivity contribution in [1.82, 2.24) is 9.21 Å². The molecule has 32 heavy (non-hydrogen) atoms. The number of hydrogen-bond acceptors (Lipinski definition) is 4. The second-order valence-electron chi connectivity index (χ2n) is 7.63. The van der Waals surface area contributed by atoms with E-state index >= 15 is 0 Å². The quantitative estimate of drug-likeness (QED) is 0.495. The maximum Gasteiger partial charge on any atom is 0.243 e. The number of hydrogen-bond donors (Lipinski definition) is 0. The van der Waals surface area contributed by atoms with E-state index in [9.17, 15) is 13.2 Å². The van der Waals surface area contributed by atoms with Gasteiger partial charge < -0.3 is 9.64 Å². The Labute approximate surface area is 190 Å². The third kappa shape index (κ3) is 5.75. The molecule has 0 radical (unpaired) electrons. The molecule has 0 spiro atoms. The van der Waals surface area contributed by atoms with E-state index in [1.807, 2.05) is 60.7 Å². The van der Waals surface area contributed by atoms with Gasteiger partial charge in [-0.1, -0.05) is 60.7 Å². The van der Waals surface area contributed by atoms with Crippen LogP contribution in [0, 0.1) is 6.92 Å². The lowest BCUT2D eigenvalue weighted by atomic mass is 10.2. The highest BCUT2D eigenvalue weighted by atomic mass is 32.2. The summed E-state index contributed by atoms with van der Waals surface area (Å²) < 4.78 is 33.5. The van der Waals surface area contributed by atoms with Crippen molar-refractivity contribution in [3.05, 3.63) is 95.6 Å². The van der Waals surface area contributed by atoms with E-state index in [0.29, 0.717) is 17.9 Å². The number of benzene rings is 3. The largest absolute Gasteiger partial charge is 0.496 e. The molecule has 0 fully saturated rings. The van der Waals surface area contributed by atoms with E-state index in [1.165, 1.54) is 10.4 Å². The molecule has 6 nitrogen and oxygen atoms in total. The number of amides is 1. The summed E-state index contributed by atoms with van der Waals surface area (Å²) in [5.41, 5.74) is 2.49. The van der Waals surface area contributed by atoms with Crippen LogP contribution in [-0.4, -0.2) is 44.2 Å². The molecule has 0 aliphatic carbocycles. The second-order valence-corrected chi connectivity index (χ2v) is 9.56. The summed E-state index contributed by atoms with van der Waals surface area (Å²) in [6.07, 6.45) is 0. The average molecular weight is 453 g/mol. The van der Waals surface area contributed by atoms with Gasteiger partial charge in [-0.3, -0.25) is 4.79 Å². The van der Waals surface area contributed by atoms with Crippen molar-refractivity contribution in [3.8, 4) is 5.75 Å². The van der Waals surface area contributed by atoms with Gasteiger partial charge in [0, 0.05) is 20.1 Å². The first-order valence-corrected chi connectivity index (χ1v) is 11.7. The van der Waals surface area contributed by atoms with Gasteiger partial charge in [-0.2, -0.15) is 4.31 Å². The first kappa shape index (κ1) is 23.5. The number of carbonyl (C=O) groups excluding carboxylic acids is 1. The van der Waals surface area contributed by atoms with Crippen LogP contribution in [0.15, 0.2) is 83.8 Å². The SMILES string of the molecule is COc1ccc(S(=O)(=O)N(CC(=O)N(C)Cc2ccccc2)Cc2ccccc2)cc1C. The number of nitrogens with zero attached hydrogens (tertiary/aromatic N) is 2. The van der Waals surface area contributed by atoms with Gasteiger partial charge in [0.1, 0.15) is 5.75 Å². The van der Waals surface area contributed by atoms with Crippen molar-refractivity contribution < 1.29 is 17.9 Å². The molecule has 0 heterocycles. The Morgan fingerprint density at radius 1 is 0.875 bits per heavy atom. The normalized spacial score (nSPS) is 11.4. The number of likely N-dealkylation sites (N-methyl/N-ethyl adjacent to an activating group) is 1. The highest BCUT2D eigenvalue weighted by Gasteiger charge is 2.28. The molecule has 0 saturated heterocycles. The molecular formula is C25H28N2O4S. The van der Waals surface area contributed by atoms with Crippen LogP contribution in [0.3, 0.4) is 0 Å². The van der Waals surface area contributed by atoms with Crippen molar-refractivity contribution in [2.24, 2.45) is 0 Å². The van der Waals surface area contributed by atoms with Gasteiger partial charge in [-0.25, -0.2) is 8.42 Å². The molecular weight excluding hydrogens is 424 g/mol. The van der Waals surface area contributed by atoms with E-state index in [2.05, 4.69) is 0 Å². The molecule has 3 aromatic rings. The Morgan fingerprint density at radius 2 is 1.44 bits per heavy atom. The Morgan fingerprint density at radius 3 is 1.97 bits per heavy atom. The summed E-state index contributed by atoms with van der Waals surface area (Å²) in [4.78, 5) is 14.7. The predicted octanol–water partition coefficient (Wildman–Crippen LogP) is 3.85. The molecule has 0 saturated carbocycles. The number of sulfonamides is 1. The summed E-state index contributed by atoms with van der Waals surface area (Å²) >= 11 is 0. The molecule has 0 aliphatic heterocycles. The van der Waals surface area contributed by atoms with Crippen molar-refractivity contribution in [1.29, 1.82) is 0 Å². The van der Waals surface area contributed by atoms with Crippen LogP contribution in [-0.2, 0) is 27.9 Å². The van der Waals surface area contributed by atoms with Gasteiger partial charge in [0.15, 0.2) is 0 Å². The van der Waals surface area contributed by atoms with Crippen LogP contribution in [0.5, 0.6) is 5.75 Å². The fraction of sp³-hybridized carbons (Fsp3) is 0.240. The Bertz CT molecular complexity index is 1150. The van der Waals surface area contributed by atoms with E-state index in [0.717, 1.165) is 11.1 Å². The number of carbonyl (C=O) groups is 1.